The monoisotopic (exact) mass is 516 g/mol. The second-order valence-corrected chi connectivity index (χ2v) is 10.1. The van der Waals surface area contributed by atoms with E-state index in [1.165, 1.54) is 66.9 Å². The number of hydrogen-bond donors (Lipinski definition) is 1. The number of nitrogens with one attached hydrogen (secondary N) is 1. The molecule has 5 nitrogen and oxygen atoms in total. The summed E-state index contributed by atoms with van der Waals surface area (Å²) in [6.45, 7) is 1.79. The van der Waals surface area contributed by atoms with Crippen LogP contribution in [-0.4, -0.2) is 48.7 Å². The highest BCUT2D eigenvalue weighted by Gasteiger charge is 2.65. The maximum absolute atomic E-state index is 6.14. The van der Waals surface area contributed by atoms with Gasteiger partial charge >= 0.3 is 0 Å². The van der Waals surface area contributed by atoms with E-state index in [0.717, 1.165) is 25.5 Å². The van der Waals surface area contributed by atoms with Crippen molar-refractivity contribution in [3.63, 3.8) is 0 Å². The van der Waals surface area contributed by atoms with E-state index in [9.17, 15) is 0 Å². The van der Waals surface area contributed by atoms with Crippen LogP contribution in [0.25, 0.3) is 0 Å². The molecule has 5 rings (SSSR count). The smallest absolute Gasteiger partial charge is 0.194 e. The molecule has 1 saturated heterocycles. The fourth-order valence-corrected chi connectivity index (χ4v) is 7.35. The first kappa shape index (κ1) is 20.8. The largest absolute Gasteiger partial charge is 0.377 e. The molecule has 1 aromatic heterocycles. The summed E-state index contributed by atoms with van der Waals surface area (Å²) in [6.07, 6.45) is 12.0. The summed E-state index contributed by atoms with van der Waals surface area (Å²) in [7, 11) is 4.06. The Balaban J connectivity index is 0.00000192. The van der Waals surface area contributed by atoms with Gasteiger partial charge in [-0.2, -0.15) is 0 Å². The minimum absolute atomic E-state index is 0. The molecular weight excluding hydrogens is 483 g/mol. The number of aryl methyl sites for hydroxylation is 2. The molecule has 28 heavy (non-hydrogen) atoms. The van der Waals surface area contributed by atoms with Crippen molar-refractivity contribution in [2.75, 3.05) is 20.7 Å². The second-order valence-electron chi connectivity index (χ2n) is 8.89. The van der Waals surface area contributed by atoms with E-state index in [2.05, 4.69) is 22.3 Å². The molecule has 0 amide bonds. The first-order valence-corrected chi connectivity index (χ1v) is 11.6. The molecule has 0 aromatic carbocycles. The van der Waals surface area contributed by atoms with Gasteiger partial charge in [-0.15, -0.1) is 35.3 Å². The van der Waals surface area contributed by atoms with E-state index >= 15 is 0 Å². The topological polar surface area (TPSA) is 49.8 Å². The minimum Gasteiger partial charge on any atom is -0.377 e. The minimum atomic E-state index is 0. The number of guanidine groups is 1. The highest BCUT2D eigenvalue weighted by atomic mass is 127. The Kier molecular flexibility index (Phi) is 6.24. The molecular formula is C21H33IN4OS. The van der Waals surface area contributed by atoms with Crippen molar-refractivity contribution < 1.29 is 4.74 Å². The average molecular weight is 516 g/mol. The fourth-order valence-electron chi connectivity index (χ4n) is 6.14. The van der Waals surface area contributed by atoms with E-state index in [0.29, 0.717) is 23.5 Å². The van der Waals surface area contributed by atoms with Crippen LogP contribution in [0.1, 0.15) is 60.5 Å². The normalized spacial score (nSPS) is 30.4. The lowest BCUT2D eigenvalue weighted by atomic mass is 9.54. The lowest BCUT2D eigenvalue weighted by Gasteiger charge is -2.57. The van der Waals surface area contributed by atoms with E-state index in [-0.39, 0.29) is 24.0 Å². The van der Waals surface area contributed by atoms with Gasteiger partial charge in [0, 0.05) is 43.0 Å². The summed E-state index contributed by atoms with van der Waals surface area (Å²) >= 11 is 1.91. The van der Waals surface area contributed by atoms with E-state index in [1.54, 1.807) is 0 Å². The van der Waals surface area contributed by atoms with Crippen LogP contribution in [0.4, 0.5) is 0 Å². The molecule has 1 aromatic rings. The highest BCUT2D eigenvalue weighted by Crippen LogP contribution is 2.60. The van der Waals surface area contributed by atoms with Gasteiger partial charge in [0.25, 0.3) is 0 Å². The van der Waals surface area contributed by atoms with Gasteiger partial charge in [0.1, 0.15) is 5.01 Å². The molecule has 3 aliphatic carbocycles. The molecule has 3 atom stereocenters. The van der Waals surface area contributed by atoms with Crippen molar-refractivity contribution in [2.45, 2.75) is 76.5 Å². The van der Waals surface area contributed by atoms with Crippen LogP contribution < -0.4 is 5.32 Å². The van der Waals surface area contributed by atoms with E-state index in [1.807, 2.05) is 18.4 Å². The molecule has 1 aliphatic heterocycles. The Morgan fingerprint density at radius 3 is 2.82 bits per heavy atom. The fraction of sp³-hybridized carbons (Fsp3) is 0.810. The lowest BCUT2D eigenvalue weighted by Crippen LogP contribution is -2.69. The maximum atomic E-state index is 6.14. The number of aromatic nitrogens is 1. The number of ether oxygens (including phenoxy) is 1. The van der Waals surface area contributed by atoms with Crippen molar-refractivity contribution in [1.29, 1.82) is 0 Å². The van der Waals surface area contributed by atoms with Gasteiger partial charge in [-0.25, -0.2) is 4.98 Å². The number of fused-ring (bicyclic) bond motifs is 3. The highest BCUT2D eigenvalue weighted by molar-refractivity contribution is 14.0. The predicted octanol–water partition coefficient (Wildman–Crippen LogP) is 3.99. The summed E-state index contributed by atoms with van der Waals surface area (Å²) in [5.41, 5.74) is 1.71. The Labute approximate surface area is 189 Å². The molecule has 4 aliphatic rings. The number of nitrogens with zero attached hydrogens (tertiary/aromatic N) is 3. The van der Waals surface area contributed by atoms with Crippen molar-refractivity contribution in [2.24, 2.45) is 16.3 Å². The Morgan fingerprint density at radius 2 is 2.07 bits per heavy atom. The van der Waals surface area contributed by atoms with E-state index in [4.69, 9.17) is 9.72 Å². The molecule has 1 N–H and O–H groups in total. The van der Waals surface area contributed by atoms with Crippen molar-refractivity contribution >= 4 is 41.3 Å². The van der Waals surface area contributed by atoms with Gasteiger partial charge in [0.2, 0.25) is 0 Å². The van der Waals surface area contributed by atoms with Crippen LogP contribution in [0.2, 0.25) is 0 Å². The third-order valence-corrected chi connectivity index (χ3v) is 8.55. The molecule has 2 heterocycles. The molecule has 7 heteroatoms. The predicted molar refractivity (Wildman–Crippen MR) is 125 cm³/mol. The van der Waals surface area contributed by atoms with Gasteiger partial charge in [0.15, 0.2) is 5.96 Å². The average Bonchev–Trinajstić information content (AvgIpc) is 3.40. The zero-order chi connectivity index (χ0) is 18.4. The standard InChI is InChI=1S/C21H32N4OS.HI/c1-22-20(25(2)13-17-23-15-7-3-4-8-16(15)27-17)24-18-14-9-12-26-19(14)21(18)10-5-6-11-21;/h14,18-19H,3-13H2,1-2H3,(H,22,24);1H. The molecule has 156 valence electrons. The van der Waals surface area contributed by atoms with Crippen LogP contribution in [0.15, 0.2) is 4.99 Å². The first-order chi connectivity index (χ1) is 13.2. The van der Waals surface area contributed by atoms with Crippen LogP contribution >= 0.6 is 35.3 Å². The van der Waals surface area contributed by atoms with Crippen LogP contribution in [0.5, 0.6) is 0 Å². The third-order valence-electron chi connectivity index (χ3n) is 7.41. The van der Waals surface area contributed by atoms with Crippen molar-refractivity contribution in [3.8, 4) is 0 Å². The van der Waals surface area contributed by atoms with Gasteiger partial charge in [-0.1, -0.05) is 12.8 Å². The van der Waals surface area contributed by atoms with Crippen LogP contribution in [-0.2, 0) is 24.1 Å². The second kappa shape index (κ2) is 8.38. The summed E-state index contributed by atoms with van der Waals surface area (Å²) in [5.74, 6) is 1.69. The van der Waals surface area contributed by atoms with Crippen molar-refractivity contribution in [1.82, 2.24) is 15.2 Å². The summed E-state index contributed by atoms with van der Waals surface area (Å²) in [6, 6.07) is 0.526. The number of aliphatic imine (C=N–C) groups is 1. The van der Waals surface area contributed by atoms with Gasteiger partial charge in [-0.3, -0.25) is 4.99 Å². The zero-order valence-electron chi connectivity index (χ0n) is 17.1. The third kappa shape index (κ3) is 3.39. The molecule has 0 bridgehead atoms. The first-order valence-electron chi connectivity index (χ1n) is 10.7. The summed E-state index contributed by atoms with van der Waals surface area (Å²) < 4.78 is 6.14. The molecule has 3 fully saturated rings. The Hall–Kier alpha value is -0.410. The van der Waals surface area contributed by atoms with Gasteiger partial charge in [0.05, 0.1) is 18.3 Å². The molecule has 2 saturated carbocycles. The van der Waals surface area contributed by atoms with Gasteiger partial charge < -0.3 is 15.0 Å². The van der Waals surface area contributed by atoms with E-state index < -0.39 is 0 Å². The lowest BCUT2D eigenvalue weighted by molar-refractivity contribution is -0.125. The van der Waals surface area contributed by atoms with Crippen LogP contribution in [0.3, 0.4) is 0 Å². The maximum Gasteiger partial charge on any atom is 0.194 e. The summed E-state index contributed by atoms with van der Waals surface area (Å²) in [4.78, 5) is 13.3. The van der Waals surface area contributed by atoms with Gasteiger partial charge in [-0.05, 0) is 44.9 Å². The van der Waals surface area contributed by atoms with Crippen molar-refractivity contribution in [3.05, 3.63) is 15.6 Å². The molecule has 3 unspecified atom stereocenters. The quantitative estimate of drug-likeness (QED) is 0.375. The molecule has 1 spiro atoms. The Bertz CT molecular complexity index is 706. The zero-order valence-corrected chi connectivity index (χ0v) is 20.2. The molecule has 0 radical (unpaired) electrons. The SMILES string of the molecule is CN=C(NC1C2CCOC2C12CCCC2)N(C)Cc1nc2c(s1)CCCC2.I. The number of rotatable bonds is 3. The van der Waals surface area contributed by atoms with Crippen LogP contribution in [0, 0.1) is 11.3 Å². The number of thiazole rings is 1. The summed E-state index contributed by atoms with van der Waals surface area (Å²) in [5, 5.41) is 5.10. The number of hydrogen-bond acceptors (Lipinski definition) is 4. The number of halogens is 1. The Morgan fingerprint density at radius 1 is 1.29 bits per heavy atom.